The molecule has 6 heteroatoms. The molecular formula is C5H7F3O3. The molecule has 0 fully saturated rings. The number of hydrogen-bond donors (Lipinski definition) is 2. The first kappa shape index (κ1) is 12.5. The Labute approximate surface area is 60.8 Å². The average Bonchev–Trinajstić information content (AvgIpc) is 1.85. The Morgan fingerprint density at radius 1 is 1.45 bits per heavy atom. The lowest BCUT2D eigenvalue weighted by atomic mass is 10.4. The lowest BCUT2D eigenvalue weighted by Crippen LogP contribution is -1.88. The van der Waals surface area contributed by atoms with Gasteiger partial charge in [-0.25, -0.2) is 18.0 Å². The summed E-state index contributed by atoms with van der Waals surface area (Å²) >= 11 is 0. The minimum Gasteiger partial charge on any atom is -0.450 e. The number of rotatable bonds is 1. The number of alkyl halides is 2. The molecule has 0 amide bonds. The molecule has 3 nitrogen and oxygen atoms in total. The predicted molar refractivity (Wildman–Crippen MR) is 31.5 cm³/mol. The minimum atomic E-state index is -2.65. The maximum atomic E-state index is 11.1. The van der Waals surface area contributed by atoms with Gasteiger partial charge in [0.1, 0.15) is 0 Å². The van der Waals surface area contributed by atoms with Gasteiger partial charge in [0.15, 0.2) is 0 Å². The number of allylic oxidation sites excluding steroid dienone is 1. The predicted octanol–water partition coefficient (Wildman–Crippen LogP) is 2.35. The molecule has 0 aliphatic carbocycles. The largest absolute Gasteiger partial charge is 0.503 e. The van der Waals surface area contributed by atoms with Crippen molar-refractivity contribution in [3.8, 4) is 0 Å². The highest BCUT2D eigenvalue weighted by Crippen LogP contribution is 2.05. The van der Waals surface area contributed by atoms with Crippen LogP contribution < -0.4 is 0 Å². The van der Waals surface area contributed by atoms with Crippen molar-refractivity contribution in [3.05, 3.63) is 11.9 Å². The highest BCUT2D eigenvalue weighted by molar-refractivity contribution is 5.53. The van der Waals surface area contributed by atoms with E-state index in [9.17, 15) is 13.2 Å². The van der Waals surface area contributed by atoms with Gasteiger partial charge in [0.05, 0.1) is 6.33 Å². The lowest BCUT2D eigenvalue weighted by Gasteiger charge is -1.90. The molecule has 0 unspecified atom stereocenters. The van der Waals surface area contributed by atoms with Crippen molar-refractivity contribution in [1.82, 2.24) is 0 Å². The van der Waals surface area contributed by atoms with Crippen molar-refractivity contribution >= 4 is 6.16 Å². The van der Waals surface area contributed by atoms with Crippen LogP contribution in [-0.2, 0) is 0 Å². The summed E-state index contributed by atoms with van der Waals surface area (Å²) in [5, 5.41) is 13.9. The van der Waals surface area contributed by atoms with Gasteiger partial charge in [-0.1, -0.05) is 0 Å². The van der Waals surface area contributed by atoms with Gasteiger partial charge in [-0.2, -0.15) is 0 Å². The molecule has 2 N–H and O–H groups in total. The van der Waals surface area contributed by atoms with Crippen LogP contribution >= 0.6 is 0 Å². The van der Waals surface area contributed by atoms with Gasteiger partial charge < -0.3 is 10.2 Å². The molecule has 0 saturated heterocycles. The Morgan fingerprint density at radius 2 is 1.73 bits per heavy atom. The molecule has 0 radical (unpaired) electrons. The second-order valence-corrected chi connectivity index (χ2v) is 1.44. The molecule has 0 heterocycles. The smallest absolute Gasteiger partial charge is 0.450 e. The molecule has 0 rings (SSSR count). The van der Waals surface area contributed by atoms with Crippen molar-refractivity contribution in [1.29, 1.82) is 0 Å². The zero-order valence-electron chi connectivity index (χ0n) is 5.59. The van der Waals surface area contributed by atoms with Crippen LogP contribution in [0.3, 0.4) is 0 Å². The molecule has 0 atom stereocenters. The molecular weight excluding hydrogens is 165 g/mol. The van der Waals surface area contributed by atoms with E-state index in [1.165, 1.54) is 0 Å². The van der Waals surface area contributed by atoms with E-state index in [2.05, 4.69) is 0 Å². The third-order valence-corrected chi connectivity index (χ3v) is 0.516. The van der Waals surface area contributed by atoms with Crippen molar-refractivity contribution in [2.45, 2.75) is 13.3 Å². The van der Waals surface area contributed by atoms with Crippen LogP contribution in [0.15, 0.2) is 11.9 Å². The first-order valence-corrected chi connectivity index (χ1v) is 2.38. The summed E-state index contributed by atoms with van der Waals surface area (Å²) in [6.45, 7) is 1.03. The number of carbonyl (C=O) groups is 1. The normalized spacial score (nSPS) is 10.5. The maximum Gasteiger partial charge on any atom is 0.503 e. The van der Waals surface area contributed by atoms with Gasteiger partial charge in [-0.3, -0.25) is 0 Å². The molecule has 0 bridgehead atoms. The van der Waals surface area contributed by atoms with E-state index < -0.39 is 18.2 Å². The van der Waals surface area contributed by atoms with E-state index in [-0.39, 0.29) is 6.33 Å². The Hall–Kier alpha value is -1.20. The molecule has 66 valence electrons. The van der Waals surface area contributed by atoms with Crippen molar-refractivity contribution in [2.24, 2.45) is 0 Å². The van der Waals surface area contributed by atoms with Crippen LogP contribution in [0.4, 0.5) is 18.0 Å². The molecule has 0 aromatic carbocycles. The van der Waals surface area contributed by atoms with Crippen LogP contribution in [0.1, 0.15) is 6.92 Å². The molecule has 0 aromatic heterocycles. The van der Waals surface area contributed by atoms with E-state index in [4.69, 9.17) is 15.0 Å². The molecule has 0 aliphatic rings. The molecule has 11 heavy (non-hydrogen) atoms. The second kappa shape index (κ2) is 6.91. The van der Waals surface area contributed by atoms with Crippen molar-refractivity contribution in [2.75, 3.05) is 0 Å². The fourth-order valence-corrected chi connectivity index (χ4v) is 0.0476. The monoisotopic (exact) mass is 172 g/mol. The van der Waals surface area contributed by atoms with Gasteiger partial charge in [-0.15, -0.1) is 0 Å². The Morgan fingerprint density at radius 3 is 1.73 bits per heavy atom. The van der Waals surface area contributed by atoms with Crippen LogP contribution in [0.5, 0.6) is 0 Å². The molecule has 0 aliphatic heterocycles. The Bertz CT molecular complexity index is 140. The second-order valence-electron chi connectivity index (χ2n) is 1.44. The van der Waals surface area contributed by atoms with Gasteiger partial charge in [0, 0.05) is 5.57 Å². The first-order chi connectivity index (χ1) is 4.91. The topological polar surface area (TPSA) is 57.5 Å². The van der Waals surface area contributed by atoms with Gasteiger partial charge in [-0.05, 0) is 6.92 Å². The quantitative estimate of drug-likeness (QED) is 0.638. The summed E-state index contributed by atoms with van der Waals surface area (Å²) in [7, 11) is 0. The molecule has 0 spiro atoms. The van der Waals surface area contributed by atoms with E-state index in [0.717, 1.165) is 6.92 Å². The summed E-state index contributed by atoms with van der Waals surface area (Å²) in [5.41, 5.74) is -0.528. The van der Waals surface area contributed by atoms with Crippen LogP contribution in [-0.4, -0.2) is 22.8 Å². The Balaban J connectivity index is 0. The SMILES string of the molecule is CC(=CF)C(F)F.O=C(O)O. The van der Waals surface area contributed by atoms with Crippen LogP contribution in [0.2, 0.25) is 0 Å². The molecule has 0 aromatic rings. The van der Waals surface area contributed by atoms with E-state index >= 15 is 0 Å². The fourth-order valence-electron chi connectivity index (χ4n) is 0.0476. The zero-order chi connectivity index (χ0) is 9.44. The summed E-state index contributed by atoms with van der Waals surface area (Å²) in [6.07, 6.45) is -4.57. The fraction of sp³-hybridized carbons (Fsp3) is 0.400. The summed E-state index contributed by atoms with van der Waals surface area (Å²) < 4.78 is 33.2. The maximum absolute atomic E-state index is 11.1. The average molecular weight is 172 g/mol. The van der Waals surface area contributed by atoms with E-state index in [1.54, 1.807) is 0 Å². The van der Waals surface area contributed by atoms with Gasteiger partial charge in [0.25, 0.3) is 6.43 Å². The Kier molecular flexibility index (Phi) is 7.84. The highest BCUT2D eigenvalue weighted by atomic mass is 19.3. The standard InChI is InChI=1S/C4H5F3.CH2O3/c1-3(2-5)4(6)7;2-1(3)4/h2,4H,1H3;(H2,2,3,4). The lowest BCUT2D eigenvalue weighted by molar-refractivity contribution is 0.137. The summed E-state index contributed by atoms with van der Waals surface area (Å²) in [6, 6.07) is 0. The molecule has 0 saturated carbocycles. The third-order valence-electron chi connectivity index (χ3n) is 0.516. The zero-order valence-corrected chi connectivity index (χ0v) is 5.59. The van der Waals surface area contributed by atoms with Gasteiger partial charge in [0.2, 0.25) is 0 Å². The third kappa shape index (κ3) is 17.7. The van der Waals surface area contributed by atoms with E-state index in [0.29, 0.717) is 0 Å². The number of carboxylic acid groups (broad SMARTS) is 2. The summed E-state index contributed by atoms with van der Waals surface area (Å²) in [5.74, 6) is 0. The van der Waals surface area contributed by atoms with Gasteiger partial charge >= 0.3 is 6.16 Å². The highest BCUT2D eigenvalue weighted by Gasteiger charge is 2.02. The number of hydrogen-bond acceptors (Lipinski definition) is 1. The summed E-state index contributed by atoms with van der Waals surface area (Å²) in [4.78, 5) is 8.56. The first-order valence-electron chi connectivity index (χ1n) is 2.38. The van der Waals surface area contributed by atoms with Crippen molar-refractivity contribution in [3.63, 3.8) is 0 Å². The van der Waals surface area contributed by atoms with Crippen LogP contribution in [0.25, 0.3) is 0 Å². The van der Waals surface area contributed by atoms with Crippen LogP contribution in [0, 0.1) is 0 Å². The van der Waals surface area contributed by atoms with Crippen molar-refractivity contribution < 1.29 is 28.2 Å². The van der Waals surface area contributed by atoms with E-state index in [1.807, 2.05) is 0 Å². The minimum absolute atomic E-state index is 0.0926. The number of halogens is 3.